The molecule has 2 rings (SSSR count). The van der Waals surface area contributed by atoms with Gasteiger partial charge in [-0.2, -0.15) is 0 Å². The Kier molecular flexibility index (Phi) is 0.521. The minimum absolute atomic E-state index is 0.560. The summed E-state index contributed by atoms with van der Waals surface area (Å²) in [7, 11) is 0. The number of hydrogen-bond acceptors (Lipinski definition) is 2. The van der Waals surface area contributed by atoms with E-state index >= 15 is 0 Å². The minimum atomic E-state index is 0.560. The van der Waals surface area contributed by atoms with E-state index in [0.717, 1.165) is 5.56 Å². The van der Waals surface area contributed by atoms with Crippen LogP contribution in [0.4, 0.5) is 5.88 Å². The SMILES string of the molecule is [c]1noc2c1C=C[N]2. The first-order valence-corrected chi connectivity index (χ1v) is 2.21. The van der Waals surface area contributed by atoms with E-state index in [4.69, 9.17) is 0 Å². The van der Waals surface area contributed by atoms with E-state index in [9.17, 15) is 0 Å². The molecule has 0 saturated heterocycles. The van der Waals surface area contributed by atoms with Crippen LogP contribution in [0.3, 0.4) is 0 Å². The van der Waals surface area contributed by atoms with Gasteiger partial charge in [-0.15, -0.1) is 0 Å². The van der Waals surface area contributed by atoms with Crippen LogP contribution in [0, 0.1) is 6.20 Å². The third kappa shape index (κ3) is 0.307. The molecular weight excluding hydrogens is 104 g/mol. The minimum Gasteiger partial charge on any atom is -0.335 e. The van der Waals surface area contributed by atoms with Crippen molar-refractivity contribution in [1.29, 1.82) is 0 Å². The van der Waals surface area contributed by atoms with Crippen LogP contribution in [0.25, 0.3) is 6.08 Å². The fraction of sp³-hybridized carbons (Fsp3) is 0. The lowest BCUT2D eigenvalue weighted by Gasteiger charge is -1.77. The predicted octanol–water partition coefficient (Wildman–Crippen LogP) is 0.695. The van der Waals surface area contributed by atoms with Crippen molar-refractivity contribution in [2.75, 3.05) is 0 Å². The van der Waals surface area contributed by atoms with Crippen LogP contribution in [0.15, 0.2) is 10.7 Å². The Hall–Kier alpha value is -1.25. The normalized spacial score (nSPS) is 13.5. The molecule has 0 spiro atoms. The lowest BCUT2D eigenvalue weighted by molar-refractivity contribution is 0.418. The van der Waals surface area contributed by atoms with E-state index in [0.29, 0.717) is 5.88 Å². The lowest BCUT2D eigenvalue weighted by atomic mass is 10.4. The zero-order valence-electron chi connectivity index (χ0n) is 3.96. The summed E-state index contributed by atoms with van der Waals surface area (Å²) >= 11 is 0. The van der Waals surface area contributed by atoms with Gasteiger partial charge < -0.3 is 4.52 Å². The first-order chi connectivity index (χ1) is 3.97. The van der Waals surface area contributed by atoms with Gasteiger partial charge in [0.15, 0.2) is 0 Å². The van der Waals surface area contributed by atoms with Gasteiger partial charge in [0, 0.05) is 6.20 Å². The highest BCUT2D eigenvalue weighted by Gasteiger charge is 2.09. The molecule has 8 heavy (non-hydrogen) atoms. The molecule has 0 aromatic carbocycles. The number of hydrogen-bond donors (Lipinski definition) is 0. The number of fused-ring (bicyclic) bond motifs is 1. The number of rotatable bonds is 0. The largest absolute Gasteiger partial charge is 0.335 e. The third-order valence-electron chi connectivity index (χ3n) is 0.962. The van der Waals surface area contributed by atoms with Crippen LogP contribution in [0.2, 0.25) is 0 Å². The second kappa shape index (κ2) is 1.12. The summed E-state index contributed by atoms with van der Waals surface area (Å²) in [5, 5.41) is 7.22. The highest BCUT2D eigenvalue weighted by atomic mass is 16.5. The highest BCUT2D eigenvalue weighted by molar-refractivity contribution is 5.62. The van der Waals surface area contributed by atoms with Crippen LogP contribution >= 0.6 is 0 Å². The number of aromatic nitrogens is 1. The van der Waals surface area contributed by atoms with Crippen molar-refractivity contribution in [2.45, 2.75) is 0 Å². The standard InChI is InChI=1S/C5H2N2O/c1-2-6-5-4(1)3-7-8-5/h1-2H. The summed E-state index contributed by atoms with van der Waals surface area (Å²) in [6.45, 7) is 0. The molecule has 2 radical (unpaired) electrons. The van der Waals surface area contributed by atoms with Gasteiger partial charge in [-0.05, 0) is 6.08 Å². The Morgan fingerprint density at radius 2 is 2.62 bits per heavy atom. The molecule has 0 aliphatic carbocycles. The Labute approximate surface area is 46.0 Å². The molecule has 1 aliphatic rings. The predicted molar refractivity (Wildman–Crippen MR) is 26.2 cm³/mol. The third-order valence-corrected chi connectivity index (χ3v) is 0.962. The summed E-state index contributed by atoms with van der Waals surface area (Å²) in [6.07, 6.45) is 6.08. The van der Waals surface area contributed by atoms with Crippen LogP contribution in [0.5, 0.6) is 0 Å². The van der Waals surface area contributed by atoms with Crippen LogP contribution < -0.4 is 5.32 Å². The second-order valence-electron chi connectivity index (χ2n) is 1.46. The zero-order valence-corrected chi connectivity index (χ0v) is 3.96. The molecular formula is C5H2N2O. The summed E-state index contributed by atoms with van der Waals surface area (Å²) < 4.78 is 4.64. The molecule has 0 fully saturated rings. The average Bonchev–Trinajstić information content (AvgIpc) is 2.15. The van der Waals surface area contributed by atoms with Crippen LogP contribution in [-0.2, 0) is 0 Å². The van der Waals surface area contributed by atoms with Crippen molar-refractivity contribution in [1.82, 2.24) is 10.5 Å². The molecule has 0 N–H and O–H groups in total. The quantitative estimate of drug-likeness (QED) is 0.488. The van der Waals surface area contributed by atoms with Gasteiger partial charge in [-0.3, -0.25) is 0 Å². The topological polar surface area (TPSA) is 40.1 Å². The molecule has 1 aromatic rings. The van der Waals surface area contributed by atoms with Crippen molar-refractivity contribution in [3.8, 4) is 0 Å². The smallest absolute Gasteiger partial charge is 0.258 e. The van der Waals surface area contributed by atoms with Gasteiger partial charge in [-0.1, -0.05) is 5.16 Å². The molecule has 0 bridgehead atoms. The number of nitrogens with zero attached hydrogens (tertiary/aromatic N) is 2. The van der Waals surface area contributed by atoms with E-state index < -0.39 is 0 Å². The second-order valence-corrected chi connectivity index (χ2v) is 1.46. The fourth-order valence-corrected chi connectivity index (χ4v) is 0.593. The Bertz CT molecular complexity index is 226. The maximum Gasteiger partial charge on any atom is 0.258 e. The van der Waals surface area contributed by atoms with Crippen molar-refractivity contribution in [3.63, 3.8) is 0 Å². The summed E-state index contributed by atoms with van der Waals surface area (Å²) in [4.78, 5) is 0. The van der Waals surface area contributed by atoms with E-state index in [1.807, 2.05) is 0 Å². The first-order valence-electron chi connectivity index (χ1n) is 2.21. The Balaban J connectivity index is 2.67. The van der Waals surface area contributed by atoms with Gasteiger partial charge in [0.1, 0.15) is 6.20 Å². The molecule has 2 heterocycles. The zero-order chi connectivity index (χ0) is 5.40. The summed E-state index contributed by atoms with van der Waals surface area (Å²) in [6, 6.07) is 0. The lowest BCUT2D eigenvalue weighted by Crippen LogP contribution is -1.74. The van der Waals surface area contributed by atoms with Crippen LogP contribution in [0.1, 0.15) is 5.56 Å². The fourth-order valence-electron chi connectivity index (χ4n) is 0.593. The van der Waals surface area contributed by atoms with Gasteiger partial charge >= 0.3 is 0 Å². The maximum absolute atomic E-state index is 4.64. The monoisotopic (exact) mass is 106 g/mol. The average molecular weight is 106 g/mol. The van der Waals surface area contributed by atoms with E-state index in [1.54, 1.807) is 12.3 Å². The van der Waals surface area contributed by atoms with Gasteiger partial charge in [0.25, 0.3) is 5.88 Å². The summed E-state index contributed by atoms with van der Waals surface area (Å²) in [5.41, 5.74) is 0.838. The Morgan fingerprint density at radius 1 is 1.62 bits per heavy atom. The molecule has 1 aromatic heterocycles. The van der Waals surface area contributed by atoms with E-state index in [-0.39, 0.29) is 0 Å². The molecule has 0 atom stereocenters. The molecule has 0 unspecified atom stereocenters. The maximum atomic E-state index is 4.64. The van der Waals surface area contributed by atoms with Gasteiger partial charge in [0.2, 0.25) is 0 Å². The van der Waals surface area contributed by atoms with Crippen molar-refractivity contribution in [3.05, 3.63) is 18.0 Å². The Morgan fingerprint density at radius 3 is 3.50 bits per heavy atom. The van der Waals surface area contributed by atoms with Crippen molar-refractivity contribution < 1.29 is 4.52 Å². The van der Waals surface area contributed by atoms with Crippen LogP contribution in [-0.4, -0.2) is 5.16 Å². The highest BCUT2D eigenvalue weighted by Crippen LogP contribution is 2.20. The molecule has 3 nitrogen and oxygen atoms in total. The first kappa shape index (κ1) is 3.72. The molecule has 38 valence electrons. The van der Waals surface area contributed by atoms with Gasteiger partial charge in [0.05, 0.1) is 5.56 Å². The van der Waals surface area contributed by atoms with Crippen molar-refractivity contribution in [2.24, 2.45) is 0 Å². The molecule has 0 saturated carbocycles. The molecule has 1 aliphatic heterocycles. The van der Waals surface area contributed by atoms with Crippen molar-refractivity contribution >= 4 is 12.0 Å². The summed E-state index contributed by atoms with van der Waals surface area (Å²) in [5.74, 6) is 0.560. The van der Waals surface area contributed by atoms with E-state index in [1.165, 1.54) is 0 Å². The van der Waals surface area contributed by atoms with Gasteiger partial charge in [-0.25, -0.2) is 5.32 Å². The molecule has 3 heteroatoms. The van der Waals surface area contributed by atoms with E-state index in [2.05, 4.69) is 21.2 Å². The molecule has 0 amide bonds.